The van der Waals surface area contributed by atoms with Crippen LogP contribution in [0.4, 0.5) is 0 Å². The molecule has 0 aliphatic rings. The fraction of sp³-hybridized carbons (Fsp3) is 0.353. The Morgan fingerprint density at radius 3 is 2.48 bits per heavy atom. The van der Waals surface area contributed by atoms with Gasteiger partial charge in [0.15, 0.2) is 0 Å². The monoisotopic (exact) mass is 320 g/mol. The number of rotatable bonds is 2. The average Bonchev–Trinajstić information content (AvgIpc) is 3.06. The Balaban J connectivity index is 0.000000774. The molecule has 1 N–H and O–H groups in total. The van der Waals surface area contributed by atoms with Gasteiger partial charge in [-0.15, -0.1) is 11.3 Å². The minimum absolute atomic E-state index is 0.483. The van der Waals surface area contributed by atoms with Crippen LogP contribution >= 0.6 is 22.9 Å². The summed E-state index contributed by atoms with van der Waals surface area (Å²) >= 11 is 8.02. The molecule has 0 bridgehead atoms. The summed E-state index contributed by atoms with van der Waals surface area (Å²) in [5, 5.41) is 4.94. The number of hydrogen-bond acceptors (Lipinski definition) is 2. The molecular weight excluding hydrogens is 300 g/mol. The minimum Gasteiger partial charge on any atom is -0.358 e. The lowest BCUT2D eigenvalue weighted by Gasteiger charge is -2.01. The fourth-order valence-corrected chi connectivity index (χ4v) is 3.27. The van der Waals surface area contributed by atoms with Gasteiger partial charge in [0, 0.05) is 33.2 Å². The smallest absolute Gasteiger partial charge is 0.125 e. The Hall–Kier alpha value is -1.32. The highest BCUT2D eigenvalue weighted by molar-refractivity contribution is 7.13. The summed E-state index contributed by atoms with van der Waals surface area (Å²) in [5.41, 5.74) is 4.39. The Bertz CT molecular complexity index is 740. The molecule has 0 aliphatic carbocycles. The number of H-pyrrole nitrogens is 1. The second-order valence-electron chi connectivity index (χ2n) is 5.09. The van der Waals surface area contributed by atoms with E-state index in [1.54, 1.807) is 11.3 Å². The number of nitrogens with zero attached hydrogens (tertiary/aromatic N) is 1. The number of halogens is 1. The van der Waals surface area contributed by atoms with Crippen LogP contribution in [0.2, 0.25) is 5.02 Å². The maximum atomic E-state index is 6.39. The first kappa shape index (κ1) is 16.1. The predicted octanol–water partition coefficient (Wildman–Crippen LogP) is 6.40. The van der Waals surface area contributed by atoms with Crippen molar-refractivity contribution in [2.24, 2.45) is 0 Å². The molecule has 2 nitrogen and oxygen atoms in total. The summed E-state index contributed by atoms with van der Waals surface area (Å²) in [4.78, 5) is 7.97. The van der Waals surface area contributed by atoms with Crippen molar-refractivity contribution in [3.05, 3.63) is 40.0 Å². The fourth-order valence-electron chi connectivity index (χ4n) is 2.13. The largest absolute Gasteiger partial charge is 0.358 e. The van der Waals surface area contributed by atoms with Crippen LogP contribution in [-0.4, -0.2) is 9.97 Å². The number of fused-ring (bicyclic) bond motifs is 1. The number of benzene rings is 1. The molecule has 3 aromatic rings. The number of aryl methyl sites for hydroxylation is 1. The number of aromatic amines is 1. The second kappa shape index (κ2) is 6.63. The molecule has 0 saturated heterocycles. The van der Waals surface area contributed by atoms with E-state index in [-0.39, 0.29) is 0 Å². The standard InChI is InChI=1S/C15H15ClN2S.C2H6/c1-8(2)13-5-10-4-12(16)11(6-14(10)18-13)15-17-9(3)7-19-15;1-2/h4-8,18H,1-3H3;1-2H3. The van der Waals surface area contributed by atoms with Crippen LogP contribution < -0.4 is 0 Å². The van der Waals surface area contributed by atoms with Gasteiger partial charge in [-0.3, -0.25) is 0 Å². The molecule has 4 heteroatoms. The maximum absolute atomic E-state index is 6.39. The molecule has 0 unspecified atom stereocenters. The van der Waals surface area contributed by atoms with Crippen molar-refractivity contribution in [2.45, 2.75) is 40.5 Å². The van der Waals surface area contributed by atoms with Crippen LogP contribution in [0.5, 0.6) is 0 Å². The van der Waals surface area contributed by atoms with E-state index < -0.39 is 0 Å². The highest BCUT2D eigenvalue weighted by Crippen LogP contribution is 2.34. The first-order valence-electron chi connectivity index (χ1n) is 7.29. The third-order valence-corrected chi connectivity index (χ3v) is 4.51. The summed E-state index contributed by atoms with van der Waals surface area (Å²) in [5.74, 6) is 0.483. The van der Waals surface area contributed by atoms with E-state index in [9.17, 15) is 0 Å². The summed E-state index contributed by atoms with van der Waals surface area (Å²) in [6.45, 7) is 10.4. The molecule has 3 rings (SSSR count). The van der Waals surface area contributed by atoms with Gasteiger partial charge in [0.05, 0.1) is 5.02 Å². The number of thiazole rings is 1. The highest BCUT2D eigenvalue weighted by Gasteiger charge is 2.11. The third kappa shape index (κ3) is 3.30. The van der Waals surface area contributed by atoms with E-state index in [1.807, 2.05) is 32.2 Å². The number of hydrogen-bond donors (Lipinski definition) is 1. The molecule has 2 heterocycles. The van der Waals surface area contributed by atoms with Crippen molar-refractivity contribution in [1.82, 2.24) is 9.97 Å². The van der Waals surface area contributed by atoms with Crippen LogP contribution in [0, 0.1) is 6.92 Å². The molecule has 0 aliphatic heterocycles. The lowest BCUT2D eigenvalue weighted by atomic mass is 10.1. The Morgan fingerprint density at radius 1 is 1.19 bits per heavy atom. The second-order valence-corrected chi connectivity index (χ2v) is 6.36. The Kier molecular flexibility index (Phi) is 5.07. The molecule has 0 saturated carbocycles. The zero-order valence-electron chi connectivity index (χ0n) is 13.1. The van der Waals surface area contributed by atoms with E-state index in [0.717, 1.165) is 32.2 Å². The zero-order chi connectivity index (χ0) is 15.6. The molecule has 0 spiro atoms. The van der Waals surface area contributed by atoms with Crippen molar-refractivity contribution in [1.29, 1.82) is 0 Å². The quantitative estimate of drug-likeness (QED) is 0.581. The van der Waals surface area contributed by atoms with Gasteiger partial charge in [-0.05, 0) is 31.0 Å². The summed E-state index contributed by atoms with van der Waals surface area (Å²) in [7, 11) is 0. The topological polar surface area (TPSA) is 28.7 Å². The van der Waals surface area contributed by atoms with Crippen molar-refractivity contribution >= 4 is 33.8 Å². The molecule has 21 heavy (non-hydrogen) atoms. The van der Waals surface area contributed by atoms with Gasteiger partial charge in [0.25, 0.3) is 0 Å². The molecule has 0 atom stereocenters. The minimum atomic E-state index is 0.483. The van der Waals surface area contributed by atoms with Gasteiger partial charge in [-0.1, -0.05) is 39.3 Å². The van der Waals surface area contributed by atoms with Crippen LogP contribution in [0.1, 0.15) is 45.0 Å². The van der Waals surface area contributed by atoms with E-state index in [2.05, 4.69) is 35.9 Å². The maximum Gasteiger partial charge on any atom is 0.125 e. The first-order chi connectivity index (χ1) is 10.0. The van der Waals surface area contributed by atoms with Crippen LogP contribution in [-0.2, 0) is 0 Å². The van der Waals surface area contributed by atoms with Gasteiger partial charge >= 0.3 is 0 Å². The van der Waals surface area contributed by atoms with E-state index in [1.165, 1.54) is 5.69 Å². The van der Waals surface area contributed by atoms with Gasteiger partial charge in [-0.25, -0.2) is 4.98 Å². The molecule has 112 valence electrons. The zero-order valence-corrected chi connectivity index (χ0v) is 14.7. The molecule has 0 amide bonds. The van der Waals surface area contributed by atoms with Crippen LogP contribution in [0.25, 0.3) is 21.5 Å². The van der Waals surface area contributed by atoms with E-state index >= 15 is 0 Å². The van der Waals surface area contributed by atoms with Gasteiger partial charge in [0.1, 0.15) is 5.01 Å². The van der Waals surface area contributed by atoms with E-state index in [4.69, 9.17) is 11.6 Å². The molecular formula is C17H21ClN2S. The summed E-state index contributed by atoms with van der Waals surface area (Å²) < 4.78 is 0. The number of aromatic nitrogens is 2. The molecule has 2 aromatic heterocycles. The van der Waals surface area contributed by atoms with Crippen molar-refractivity contribution < 1.29 is 0 Å². The first-order valence-corrected chi connectivity index (χ1v) is 8.55. The predicted molar refractivity (Wildman–Crippen MR) is 94.6 cm³/mol. The third-order valence-electron chi connectivity index (χ3n) is 3.20. The molecule has 0 radical (unpaired) electrons. The normalized spacial score (nSPS) is 10.8. The van der Waals surface area contributed by atoms with Crippen LogP contribution in [0.3, 0.4) is 0 Å². The van der Waals surface area contributed by atoms with Gasteiger partial charge in [-0.2, -0.15) is 0 Å². The van der Waals surface area contributed by atoms with Crippen LogP contribution in [0.15, 0.2) is 23.6 Å². The van der Waals surface area contributed by atoms with Gasteiger partial charge in [0.2, 0.25) is 0 Å². The highest BCUT2D eigenvalue weighted by atomic mass is 35.5. The molecule has 1 aromatic carbocycles. The van der Waals surface area contributed by atoms with E-state index in [0.29, 0.717) is 5.92 Å². The Morgan fingerprint density at radius 2 is 1.90 bits per heavy atom. The summed E-state index contributed by atoms with van der Waals surface area (Å²) in [6.07, 6.45) is 0. The number of nitrogens with one attached hydrogen (secondary N) is 1. The van der Waals surface area contributed by atoms with Crippen molar-refractivity contribution in [3.63, 3.8) is 0 Å². The van der Waals surface area contributed by atoms with Crippen molar-refractivity contribution in [2.75, 3.05) is 0 Å². The lowest BCUT2D eigenvalue weighted by Crippen LogP contribution is -1.85. The van der Waals surface area contributed by atoms with Crippen molar-refractivity contribution in [3.8, 4) is 10.6 Å². The van der Waals surface area contributed by atoms with Gasteiger partial charge < -0.3 is 4.98 Å². The summed E-state index contributed by atoms with van der Waals surface area (Å²) in [6, 6.07) is 6.29. The Labute approximate surface area is 135 Å². The average molecular weight is 321 g/mol. The molecule has 0 fully saturated rings. The lowest BCUT2D eigenvalue weighted by molar-refractivity contribution is 0.836. The SMILES string of the molecule is CC.Cc1csc(-c2cc3[nH]c(C(C)C)cc3cc2Cl)n1.